The van der Waals surface area contributed by atoms with Gasteiger partial charge in [-0.3, -0.25) is 4.79 Å². The molecule has 2 aromatic rings. The lowest BCUT2D eigenvalue weighted by molar-refractivity contribution is -0.137. The molecule has 26 heavy (non-hydrogen) atoms. The van der Waals surface area contributed by atoms with Gasteiger partial charge in [0.2, 0.25) is 11.7 Å². The van der Waals surface area contributed by atoms with Gasteiger partial charge in [-0.25, -0.2) is 0 Å². The Kier molecular flexibility index (Phi) is 5.97. The Morgan fingerprint density at radius 3 is 1.92 bits per heavy atom. The van der Waals surface area contributed by atoms with Gasteiger partial charge in [-0.2, -0.15) is 13.2 Å². The van der Waals surface area contributed by atoms with Crippen LogP contribution in [0.3, 0.4) is 0 Å². The summed E-state index contributed by atoms with van der Waals surface area (Å²) in [5.74, 6) is 0.739. The normalized spacial score (nSPS) is 11.0. The predicted octanol–water partition coefficient (Wildman–Crippen LogP) is 3.91. The zero-order valence-electron chi connectivity index (χ0n) is 14.4. The molecule has 0 saturated carbocycles. The first-order valence-corrected chi connectivity index (χ1v) is 7.54. The first-order valence-electron chi connectivity index (χ1n) is 7.54. The summed E-state index contributed by atoms with van der Waals surface area (Å²) < 4.78 is 53.3. The van der Waals surface area contributed by atoms with Crippen LogP contribution < -0.4 is 19.5 Å². The molecule has 8 heteroatoms. The topological polar surface area (TPSA) is 56.8 Å². The molecule has 0 fully saturated rings. The molecule has 0 aliphatic carbocycles. The van der Waals surface area contributed by atoms with Gasteiger partial charge in [0.1, 0.15) is 0 Å². The van der Waals surface area contributed by atoms with Crippen molar-refractivity contribution in [1.82, 2.24) is 0 Å². The quantitative estimate of drug-likeness (QED) is 0.839. The van der Waals surface area contributed by atoms with E-state index >= 15 is 0 Å². The molecular formula is C18H18F3NO4. The van der Waals surface area contributed by atoms with E-state index < -0.39 is 11.7 Å². The Morgan fingerprint density at radius 1 is 0.962 bits per heavy atom. The first kappa shape index (κ1) is 19.4. The summed E-state index contributed by atoms with van der Waals surface area (Å²) in [6.07, 6.45) is -4.48. The molecule has 0 bridgehead atoms. The van der Waals surface area contributed by atoms with Crippen molar-refractivity contribution in [3.8, 4) is 17.2 Å². The molecule has 0 heterocycles. The van der Waals surface area contributed by atoms with E-state index in [0.717, 1.165) is 12.1 Å². The van der Waals surface area contributed by atoms with Crippen molar-refractivity contribution >= 4 is 11.6 Å². The van der Waals surface area contributed by atoms with Crippen molar-refractivity contribution in [2.75, 3.05) is 26.6 Å². The summed E-state index contributed by atoms with van der Waals surface area (Å²) in [7, 11) is 4.36. The Hall–Kier alpha value is -2.90. The van der Waals surface area contributed by atoms with E-state index in [1.807, 2.05) is 0 Å². The average Bonchev–Trinajstić information content (AvgIpc) is 2.60. The SMILES string of the molecule is COc1cc(NC(=O)Cc2ccc(C(F)(F)F)cc2)cc(OC)c1OC. The van der Waals surface area contributed by atoms with Gasteiger partial charge in [0, 0.05) is 17.8 Å². The summed E-state index contributed by atoms with van der Waals surface area (Å²) in [6.45, 7) is 0. The van der Waals surface area contributed by atoms with Gasteiger partial charge < -0.3 is 19.5 Å². The highest BCUT2D eigenvalue weighted by Crippen LogP contribution is 2.40. The molecule has 2 aromatic carbocycles. The summed E-state index contributed by atoms with van der Waals surface area (Å²) >= 11 is 0. The molecule has 0 aromatic heterocycles. The summed E-state index contributed by atoms with van der Waals surface area (Å²) in [6, 6.07) is 7.57. The van der Waals surface area contributed by atoms with E-state index in [1.165, 1.54) is 33.5 Å². The Balaban J connectivity index is 2.12. The van der Waals surface area contributed by atoms with Crippen LogP contribution in [0, 0.1) is 0 Å². The van der Waals surface area contributed by atoms with E-state index in [1.54, 1.807) is 12.1 Å². The van der Waals surface area contributed by atoms with Crippen molar-refractivity contribution in [2.24, 2.45) is 0 Å². The largest absolute Gasteiger partial charge is 0.493 e. The minimum atomic E-state index is -4.41. The molecule has 2 rings (SSSR count). The van der Waals surface area contributed by atoms with Crippen LogP contribution in [0.25, 0.3) is 0 Å². The van der Waals surface area contributed by atoms with Crippen LogP contribution in [-0.4, -0.2) is 27.2 Å². The molecule has 0 unspecified atom stereocenters. The molecule has 0 saturated heterocycles. The van der Waals surface area contributed by atoms with E-state index in [-0.39, 0.29) is 12.3 Å². The lowest BCUT2D eigenvalue weighted by Gasteiger charge is -2.14. The third-order valence-electron chi connectivity index (χ3n) is 3.59. The van der Waals surface area contributed by atoms with Crippen LogP contribution in [0.2, 0.25) is 0 Å². The number of carbonyl (C=O) groups excluding carboxylic acids is 1. The number of alkyl halides is 3. The van der Waals surface area contributed by atoms with Gasteiger partial charge in [0.25, 0.3) is 0 Å². The average molecular weight is 369 g/mol. The van der Waals surface area contributed by atoms with Crippen molar-refractivity contribution in [3.63, 3.8) is 0 Å². The van der Waals surface area contributed by atoms with Gasteiger partial charge in [-0.05, 0) is 17.7 Å². The van der Waals surface area contributed by atoms with E-state index in [0.29, 0.717) is 28.5 Å². The maximum absolute atomic E-state index is 12.6. The minimum Gasteiger partial charge on any atom is -0.493 e. The molecule has 0 spiro atoms. The number of hydrogen-bond donors (Lipinski definition) is 1. The fourth-order valence-corrected chi connectivity index (χ4v) is 2.36. The number of benzene rings is 2. The fourth-order valence-electron chi connectivity index (χ4n) is 2.36. The zero-order valence-corrected chi connectivity index (χ0v) is 14.4. The Morgan fingerprint density at radius 2 is 1.50 bits per heavy atom. The highest BCUT2D eigenvalue weighted by Gasteiger charge is 2.30. The summed E-state index contributed by atoms with van der Waals surface area (Å²) in [5.41, 5.74) is 0.116. The van der Waals surface area contributed by atoms with Gasteiger partial charge >= 0.3 is 6.18 Å². The van der Waals surface area contributed by atoms with Crippen molar-refractivity contribution in [2.45, 2.75) is 12.6 Å². The third kappa shape index (κ3) is 4.59. The summed E-state index contributed by atoms with van der Waals surface area (Å²) in [4.78, 5) is 12.2. The lowest BCUT2D eigenvalue weighted by atomic mass is 10.1. The number of amides is 1. The number of methoxy groups -OCH3 is 3. The number of nitrogens with one attached hydrogen (secondary N) is 1. The number of rotatable bonds is 6. The molecule has 140 valence electrons. The number of hydrogen-bond acceptors (Lipinski definition) is 4. The van der Waals surface area contributed by atoms with Crippen LogP contribution in [0.1, 0.15) is 11.1 Å². The van der Waals surface area contributed by atoms with Crippen LogP contribution in [0.15, 0.2) is 36.4 Å². The van der Waals surface area contributed by atoms with Crippen LogP contribution in [0.4, 0.5) is 18.9 Å². The lowest BCUT2D eigenvalue weighted by Crippen LogP contribution is -2.15. The van der Waals surface area contributed by atoms with Crippen molar-refractivity contribution in [3.05, 3.63) is 47.5 Å². The Labute approximate surface area is 148 Å². The molecule has 5 nitrogen and oxygen atoms in total. The Bertz CT molecular complexity index is 748. The van der Waals surface area contributed by atoms with Crippen molar-refractivity contribution in [1.29, 1.82) is 0 Å². The maximum atomic E-state index is 12.6. The molecular weight excluding hydrogens is 351 g/mol. The highest BCUT2D eigenvalue weighted by atomic mass is 19.4. The van der Waals surface area contributed by atoms with Gasteiger partial charge in [-0.15, -0.1) is 0 Å². The highest BCUT2D eigenvalue weighted by molar-refractivity contribution is 5.93. The molecule has 0 aliphatic rings. The number of ether oxygens (including phenoxy) is 3. The van der Waals surface area contributed by atoms with Crippen LogP contribution in [0.5, 0.6) is 17.2 Å². The fraction of sp³-hybridized carbons (Fsp3) is 0.278. The van der Waals surface area contributed by atoms with Gasteiger partial charge in [0.15, 0.2) is 11.5 Å². The summed E-state index contributed by atoms with van der Waals surface area (Å²) in [5, 5.41) is 2.66. The van der Waals surface area contributed by atoms with Crippen LogP contribution in [-0.2, 0) is 17.4 Å². The zero-order chi connectivity index (χ0) is 19.3. The first-order chi connectivity index (χ1) is 12.3. The van der Waals surface area contributed by atoms with Crippen molar-refractivity contribution < 1.29 is 32.2 Å². The molecule has 0 aliphatic heterocycles. The van der Waals surface area contributed by atoms with E-state index in [2.05, 4.69) is 5.32 Å². The maximum Gasteiger partial charge on any atom is 0.416 e. The monoisotopic (exact) mass is 369 g/mol. The standard InChI is InChI=1S/C18H18F3NO4/c1-24-14-9-13(10-15(25-2)17(14)26-3)22-16(23)8-11-4-6-12(7-5-11)18(19,20)21/h4-7,9-10H,8H2,1-3H3,(H,22,23). The second-order valence-corrected chi connectivity index (χ2v) is 5.33. The predicted molar refractivity (Wildman–Crippen MR) is 89.9 cm³/mol. The third-order valence-corrected chi connectivity index (χ3v) is 3.59. The number of anilines is 1. The molecule has 0 radical (unpaired) electrons. The smallest absolute Gasteiger partial charge is 0.416 e. The van der Waals surface area contributed by atoms with Crippen LogP contribution >= 0.6 is 0 Å². The second kappa shape index (κ2) is 7.99. The molecule has 0 atom stereocenters. The van der Waals surface area contributed by atoms with Gasteiger partial charge in [0.05, 0.1) is 33.3 Å². The number of halogens is 3. The van der Waals surface area contributed by atoms with Gasteiger partial charge in [-0.1, -0.05) is 12.1 Å². The van der Waals surface area contributed by atoms with E-state index in [9.17, 15) is 18.0 Å². The molecule has 1 amide bonds. The second-order valence-electron chi connectivity index (χ2n) is 5.33. The minimum absolute atomic E-state index is 0.0746. The molecule has 1 N–H and O–H groups in total. The number of carbonyl (C=O) groups is 1. The van der Waals surface area contributed by atoms with E-state index in [4.69, 9.17) is 14.2 Å².